The molecule has 1 aromatic heterocycles. The second-order valence-electron chi connectivity index (χ2n) is 7.60. The number of methoxy groups -OCH3 is 1. The molecule has 1 unspecified atom stereocenters. The summed E-state index contributed by atoms with van der Waals surface area (Å²) in [7, 11) is 5.64. The molecule has 3 aromatic rings. The fraction of sp³-hybridized carbons (Fsp3) is 0.364. The van der Waals surface area contributed by atoms with E-state index in [9.17, 15) is 10.2 Å². The average Bonchev–Trinajstić information content (AvgIpc) is 3.10. The lowest BCUT2D eigenvalue weighted by Gasteiger charge is -2.19. The van der Waals surface area contributed by atoms with Crippen molar-refractivity contribution in [1.82, 2.24) is 19.7 Å². The number of hydrogen-bond donors (Lipinski definition) is 2. The third-order valence-electron chi connectivity index (χ3n) is 4.98. The quantitative estimate of drug-likeness (QED) is 0.424. The second kappa shape index (κ2) is 8.97. The average molecular weight is 429 g/mol. The van der Waals surface area contributed by atoms with Crippen LogP contribution in [0.25, 0.3) is 17.1 Å². The topological polar surface area (TPSA) is 83.6 Å². The van der Waals surface area contributed by atoms with Gasteiger partial charge in [0.1, 0.15) is 17.2 Å². The largest absolute Gasteiger partial charge is 0.508 e. The first-order chi connectivity index (χ1) is 14.2. The zero-order valence-corrected chi connectivity index (χ0v) is 18.9. The molecule has 2 N–H and O–H groups in total. The molecule has 0 saturated carbocycles. The Kier molecular flexibility index (Phi) is 6.58. The Morgan fingerprint density at radius 3 is 2.23 bits per heavy atom. The maximum absolute atomic E-state index is 10.6. The van der Waals surface area contributed by atoms with Gasteiger partial charge in [-0.2, -0.15) is 0 Å². The van der Waals surface area contributed by atoms with Gasteiger partial charge in [0.25, 0.3) is 0 Å². The standard InChI is InChI=1S/C22H28N4O3S/c1-13(2)17-11-18(20(28)12-19(17)27)21-23-24-22(30-14(3)25(4)5)26(21)15-7-9-16(29-6)10-8-15/h7-14,27-28H,1-6H3. The van der Waals surface area contributed by atoms with Crippen molar-refractivity contribution in [3.05, 3.63) is 42.0 Å². The number of rotatable bonds is 7. The Labute approximate surface area is 181 Å². The molecule has 8 heteroatoms. The van der Waals surface area contributed by atoms with Gasteiger partial charge in [0.05, 0.1) is 23.7 Å². The van der Waals surface area contributed by atoms with Gasteiger partial charge in [0.15, 0.2) is 11.0 Å². The van der Waals surface area contributed by atoms with E-state index < -0.39 is 0 Å². The number of aromatic hydroxyl groups is 2. The monoisotopic (exact) mass is 428 g/mol. The number of thioether (sulfide) groups is 1. The Morgan fingerprint density at radius 2 is 1.67 bits per heavy atom. The number of benzene rings is 2. The van der Waals surface area contributed by atoms with Crippen LogP contribution in [0.1, 0.15) is 32.3 Å². The molecule has 2 aromatic carbocycles. The minimum atomic E-state index is -0.0451. The highest BCUT2D eigenvalue weighted by molar-refractivity contribution is 7.99. The molecular formula is C22H28N4O3S. The van der Waals surface area contributed by atoms with Gasteiger partial charge in [-0.25, -0.2) is 0 Å². The maximum Gasteiger partial charge on any atom is 0.197 e. The lowest BCUT2D eigenvalue weighted by Crippen LogP contribution is -2.21. The van der Waals surface area contributed by atoms with E-state index in [0.29, 0.717) is 16.5 Å². The number of nitrogens with zero attached hydrogens (tertiary/aromatic N) is 4. The van der Waals surface area contributed by atoms with Crippen LogP contribution in [-0.2, 0) is 0 Å². The van der Waals surface area contributed by atoms with Gasteiger partial charge < -0.3 is 14.9 Å². The van der Waals surface area contributed by atoms with Crippen molar-refractivity contribution in [2.45, 2.75) is 37.2 Å². The van der Waals surface area contributed by atoms with Gasteiger partial charge in [-0.1, -0.05) is 25.6 Å². The third kappa shape index (κ3) is 4.39. The summed E-state index contributed by atoms with van der Waals surface area (Å²) >= 11 is 1.57. The zero-order valence-electron chi connectivity index (χ0n) is 18.1. The molecular weight excluding hydrogens is 400 g/mol. The predicted octanol–water partition coefficient (Wildman–Crippen LogP) is 4.48. The molecule has 7 nitrogen and oxygen atoms in total. The van der Waals surface area contributed by atoms with E-state index in [4.69, 9.17) is 4.74 Å². The molecule has 0 aliphatic carbocycles. The highest BCUT2D eigenvalue weighted by Gasteiger charge is 2.23. The maximum atomic E-state index is 10.6. The summed E-state index contributed by atoms with van der Waals surface area (Å²) in [4.78, 5) is 2.09. The van der Waals surface area contributed by atoms with Gasteiger partial charge in [-0.15, -0.1) is 10.2 Å². The molecule has 0 aliphatic heterocycles. The first kappa shape index (κ1) is 22.0. The number of ether oxygens (including phenoxy) is 1. The molecule has 0 spiro atoms. The molecule has 0 saturated heterocycles. The zero-order chi connectivity index (χ0) is 22.0. The Balaban J connectivity index is 2.20. The lowest BCUT2D eigenvalue weighted by molar-refractivity contribution is 0.401. The van der Waals surface area contributed by atoms with E-state index in [-0.39, 0.29) is 22.8 Å². The predicted molar refractivity (Wildman–Crippen MR) is 120 cm³/mol. The third-order valence-corrected chi connectivity index (χ3v) is 6.21. The first-order valence-corrected chi connectivity index (χ1v) is 10.6. The molecule has 1 heterocycles. The number of aromatic nitrogens is 3. The van der Waals surface area contributed by atoms with E-state index in [1.807, 2.05) is 56.8 Å². The van der Waals surface area contributed by atoms with Crippen molar-refractivity contribution >= 4 is 11.8 Å². The van der Waals surface area contributed by atoms with Crippen molar-refractivity contribution in [2.24, 2.45) is 0 Å². The van der Waals surface area contributed by atoms with Crippen molar-refractivity contribution < 1.29 is 14.9 Å². The molecule has 0 amide bonds. The summed E-state index contributed by atoms with van der Waals surface area (Å²) in [5.74, 6) is 1.37. The highest BCUT2D eigenvalue weighted by atomic mass is 32.2. The van der Waals surface area contributed by atoms with Crippen LogP contribution in [0.4, 0.5) is 0 Å². The van der Waals surface area contributed by atoms with E-state index in [1.165, 1.54) is 6.07 Å². The summed E-state index contributed by atoms with van der Waals surface area (Å²) in [6.45, 7) is 6.07. The van der Waals surface area contributed by atoms with Crippen molar-refractivity contribution in [3.8, 4) is 34.3 Å². The van der Waals surface area contributed by atoms with Crippen molar-refractivity contribution in [1.29, 1.82) is 0 Å². The van der Waals surface area contributed by atoms with Crippen LogP contribution in [0.3, 0.4) is 0 Å². The van der Waals surface area contributed by atoms with Crippen LogP contribution < -0.4 is 4.74 Å². The first-order valence-electron chi connectivity index (χ1n) is 9.72. The van der Waals surface area contributed by atoms with Crippen LogP contribution in [-0.4, -0.2) is 56.5 Å². The molecule has 30 heavy (non-hydrogen) atoms. The lowest BCUT2D eigenvalue weighted by atomic mass is 9.98. The number of phenols is 2. The number of phenolic OH excluding ortho intramolecular Hbond substituents is 2. The minimum absolute atomic E-state index is 0.0451. The van der Waals surface area contributed by atoms with Crippen molar-refractivity contribution in [3.63, 3.8) is 0 Å². The van der Waals surface area contributed by atoms with Crippen LogP contribution in [0, 0.1) is 0 Å². The molecule has 160 valence electrons. The van der Waals surface area contributed by atoms with Crippen molar-refractivity contribution in [2.75, 3.05) is 21.2 Å². The Bertz CT molecular complexity index is 1020. The fourth-order valence-electron chi connectivity index (χ4n) is 2.98. The molecule has 0 radical (unpaired) electrons. The summed E-state index contributed by atoms with van der Waals surface area (Å²) in [6, 6.07) is 10.8. The second-order valence-corrected chi connectivity index (χ2v) is 8.89. The van der Waals surface area contributed by atoms with Gasteiger partial charge in [0, 0.05) is 6.07 Å². The van der Waals surface area contributed by atoms with Gasteiger partial charge in [-0.3, -0.25) is 9.47 Å². The summed E-state index contributed by atoms with van der Waals surface area (Å²) in [6.07, 6.45) is 0. The van der Waals surface area contributed by atoms with Gasteiger partial charge in [0.2, 0.25) is 0 Å². The SMILES string of the molecule is COc1ccc(-n2c(SC(C)N(C)C)nnc2-c2cc(C(C)C)c(O)cc2O)cc1. The van der Waals surface area contributed by atoms with Crippen LogP contribution >= 0.6 is 11.8 Å². The van der Waals surface area contributed by atoms with E-state index in [1.54, 1.807) is 24.9 Å². The fourth-order valence-corrected chi connectivity index (χ4v) is 3.88. The van der Waals surface area contributed by atoms with Gasteiger partial charge >= 0.3 is 0 Å². The molecule has 0 bridgehead atoms. The minimum Gasteiger partial charge on any atom is -0.508 e. The molecule has 1 atom stereocenters. The Morgan fingerprint density at radius 1 is 1.00 bits per heavy atom. The molecule has 0 aliphatic rings. The van der Waals surface area contributed by atoms with E-state index in [2.05, 4.69) is 22.0 Å². The van der Waals surface area contributed by atoms with Gasteiger partial charge in [-0.05, 0) is 62.8 Å². The van der Waals surface area contributed by atoms with Crippen LogP contribution in [0.5, 0.6) is 17.2 Å². The highest BCUT2D eigenvalue weighted by Crippen LogP contribution is 2.39. The smallest absolute Gasteiger partial charge is 0.197 e. The van der Waals surface area contributed by atoms with Crippen LogP contribution in [0.15, 0.2) is 41.6 Å². The van der Waals surface area contributed by atoms with E-state index in [0.717, 1.165) is 17.0 Å². The summed E-state index contributed by atoms with van der Waals surface area (Å²) in [5, 5.41) is 30.5. The normalized spacial score (nSPS) is 12.5. The molecule has 3 rings (SSSR count). The van der Waals surface area contributed by atoms with Crippen LogP contribution in [0.2, 0.25) is 0 Å². The number of hydrogen-bond acceptors (Lipinski definition) is 7. The summed E-state index contributed by atoms with van der Waals surface area (Å²) < 4.78 is 7.20. The Hall–Kier alpha value is -2.71. The molecule has 0 fully saturated rings. The summed E-state index contributed by atoms with van der Waals surface area (Å²) in [5.41, 5.74) is 2.11. The van der Waals surface area contributed by atoms with E-state index >= 15 is 0 Å².